The highest BCUT2D eigenvalue weighted by Gasteiger charge is 2.32. The first kappa shape index (κ1) is 46.5. The highest BCUT2D eigenvalue weighted by Crippen LogP contribution is 2.44. The molecule has 0 aliphatic rings. The minimum absolute atomic E-state index is 0.0624. The monoisotopic (exact) mass is 799 g/mol. The average molecular weight is 800 g/mol. The fraction of sp³-hybridized carbons (Fsp3) is 0.514. The van der Waals surface area contributed by atoms with Crippen LogP contribution in [0.15, 0.2) is 48.5 Å². The molecule has 0 saturated heterocycles. The van der Waals surface area contributed by atoms with Crippen LogP contribution in [0.2, 0.25) is 0 Å². The first-order valence-electron chi connectivity index (χ1n) is 17.1. The summed E-state index contributed by atoms with van der Waals surface area (Å²) in [5.74, 6) is -5.42. The Morgan fingerprint density at radius 1 is 0.655 bits per heavy atom. The number of carboxylic acids is 5. The van der Waals surface area contributed by atoms with E-state index in [1.165, 1.54) is 4.90 Å². The topological polar surface area (TPSA) is 270 Å². The van der Waals surface area contributed by atoms with E-state index in [-0.39, 0.29) is 39.1 Å². The summed E-state index contributed by atoms with van der Waals surface area (Å²) in [5.41, 5.74) is 1.28. The van der Waals surface area contributed by atoms with Gasteiger partial charge in [0.25, 0.3) is 0 Å². The lowest BCUT2D eigenvalue weighted by Crippen LogP contribution is -2.51. The molecule has 2 rings (SSSR count). The first-order valence-corrected chi connectivity index (χ1v) is 18.6. The summed E-state index contributed by atoms with van der Waals surface area (Å²) in [7, 11) is -1.73. The van der Waals surface area contributed by atoms with Gasteiger partial charge in [-0.25, -0.2) is 4.57 Å². The van der Waals surface area contributed by atoms with E-state index >= 15 is 0 Å². The van der Waals surface area contributed by atoms with Crippen LogP contribution in [0.5, 0.6) is 11.5 Å². The van der Waals surface area contributed by atoms with Gasteiger partial charge in [0.05, 0.1) is 60.2 Å². The molecule has 306 valence electrons. The van der Waals surface area contributed by atoms with Crippen molar-refractivity contribution in [2.75, 3.05) is 79.8 Å². The Morgan fingerprint density at radius 3 is 1.49 bits per heavy atom. The van der Waals surface area contributed by atoms with E-state index in [1.54, 1.807) is 14.2 Å². The Balaban J connectivity index is 2.21. The number of hydrogen-bond acceptors (Lipinski definition) is 13. The number of ether oxygens (including phenoxy) is 2. The highest BCUT2D eigenvalue weighted by atomic mass is 31.2. The maximum atomic E-state index is 13.1. The van der Waals surface area contributed by atoms with Crippen molar-refractivity contribution in [1.29, 1.82) is 0 Å². The van der Waals surface area contributed by atoms with E-state index < -0.39 is 88.5 Å². The van der Waals surface area contributed by atoms with E-state index in [0.29, 0.717) is 17.9 Å². The van der Waals surface area contributed by atoms with Crippen molar-refractivity contribution in [3.05, 3.63) is 59.7 Å². The van der Waals surface area contributed by atoms with Gasteiger partial charge in [0.15, 0.2) is 0 Å². The Labute approximate surface area is 318 Å². The van der Waals surface area contributed by atoms with Crippen LogP contribution in [-0.4, -0.2) is 161 Å². The van der Waals surface area contributed by atoms with Crippen molar-refractivity contribution in [3.63, 3.8) is 0 Å². The predicted molar refractivity (Wildman–Crippen MR) is 194 cm³/mol. The zero-order valence-corrected chi connectivity index (χ0v) is 31.8. The zero-order chi connectivity index (χ0) is 41.2. The number of methoxy groups -OCH3 is 2. The SMILES string of the molecule is COc1ccc(C(C)(CCCOP(=O)(O)OCC(CN(CCCN(CC(=O)O)CC(=O)O)CC(=O)O)N(CC(=O)O)CC(=O)O)c2ccc(OC)cc2)cc1. The molecule has 0 aliphatic carbocycles. The summed E-state index contributed by atoms with van der Waals surface area (Å²) in [4.78, 5) is 71.4. The Kier molecular flexibility index (Phi) is 19.2. The van der Waals surface area contributed by atoms with E-state index in [9.17, 15) is 48.8 Å². The number of nitrogens with zero attached hydrogens (tertiary/aromatic N) is 3. The number of phosphoric acid groups is 1. The molecule has 0 amide bonds. The van der Waals surface area contributed by atoms with Gasteiger partial charge in [-0.1, -0.05) is 31.2 Å². The second-order valence-corrected chi connectivity index (χ2v) is 14.3. The van der Waals surface area contributed by atoms with Crippen molar-refractivity contribution in [3.8, 4) is 11.5 Å². The lowest BCUT2D eigenvalue weighted by molar-refractivity contribution is -0.145. The molecule has 0 heterocycles. The molecule has 0 saturated carbocycles. The maximum Gasteiger partial charge on any atom is 0.472 e. The average Bonchev–Trinajstić information content (AvgIpc) is 3.10. The number of rotatable bonds is 29. The molecule has 55 heavy (non-hydrogen) atoms. The minimum atomic E-state index is -4.84. The molecule has 0 bridgehead atoms. The molecule has 6 N–H and O–H groups in total. The number of carboxylic acid groups (broad SMARTS) is 5. The lowest BCUT2D eigenvalue weighted by atomic mass is 9.73. The van der Waals surface area contributed by atoms with Crippen LogP contribution in [0.1, 0.15) is 37.3 Å². The molecule has 19 nitrogen and oxygen atoms in total. The summed E-state index contributed by atoms with van der Waals surface area (Å²) in [6.45, 7) is -3.04. The zero-order valence-electron chi connectivity index (χ0n) is 30.9. The fourth-order valence-corrected chi connectivity index (χ4v) is 6.76. The summed E-state index contributed by atoms with van der Waals surface area (Å²) in [6, 6.07) is 13.7. The van der Waals surface area contributed by atoms with E-state index in [2.05, 4.69) is 0 Å². The number of phosphoric ester groups is 1. The fourth-order valence-electron chi connectivity index (χ4n) is 5.97. The van der Waals surface area contributed by atoms with Crippen LogP contribution >= 0.6 is 7.82 Å². The lowest BCUT2D eigenvalue weighted by Gasteiger charge is -2.34. The van der Waals surface area contributed by atoms with Gasteiger partial charge >= 0.3 is 37.7 Å². The summed E-state index contributed by atoms with van der Waals surface area (Å²) in [6.07, 6.45) is 0.774. The van der Waals surface area contributed by atoms with Gasteiger partial charge in [0.2, 0.25) is 0 Å². The molecule has 2 unspecified atom stereocenters. The number of benzene rings is 2. The predicted octanol–water partition coefficient (Wildman–Crippen LogP) is 2.01. The molecule has 20 heteroatoms. The third-order valence-electron chi connectivity index (χ3n) is 8.65. The standard InChI is InChI=1S/C35H50N3O16P/c1-35(25-6-10-28(51-2)11-7-25,26-8-12-29(52-3)13-9-26)14-4-17-53-55(49,50)54-24-27(38(22-33(45)46)23-34(47)48)18-36(19-30(39)40)15-5-16-37(20-31(41)42)21-32(43)44/h6-13,27H,4-5,14-24H2,1-3H3,(H,39,40)(H,41,42)(H,43,44)(H,45,46)(H,47,48)(H,49,50). The highest BCUT2D eigenvalue weighted by molar-refractivity contribution is 7.47. The van der Waals surface area contributed by atoms with Crippen molar-refractivity contribution in [1.82, 2.24) is 14.7 Å². The molecule has 0 aliphatic heterocycles. The van der Waals surface area contributed by atoms with Crippen LogP contribution in [0.25, 0.3) is 0 Å². The van der Waals surface area contributed by atoms with Crippen LogP contribution in [0.3, 0.4) is 0 Å². The van der Waals surface area contributed by atoms with Crippen molar-refractivity contribution < 1.29 is 77.5 Å². The Bertz CT molecular complexity index is 1530. The molecule has 0 spiro atoms. The number of aliphatic carboxylic acids is 5. The molecule has 0 aromatic heterocycles. The summed E-state index contributed by atoms with van der Waals surface area (Å²) >= 11 is 0. The van der Waals surface area contributed by atoms with E-state index in [4.69, 9.17) is 28.7 Å². The second kappa shape index (κ2) is 22.7. The molecule has 0 fully saturated rings. The maximum absolute atomic E-state index is 13.1. The van der Waals surface area contributed by atoms with Gasteiger partial charge in [0.1, 0.15) is 11.5 Å². The molecule has 0 radical (unpaired) electrons. The Morgan fingerprint density at radius 2 is 1.07 bits per heavy atom. The van der Waals surface area contributed by atoms with Gasteiger partial charge < -0.3 is 39.9 Å². The van der Waals surface area contributed by atoms with Gasteiger partial charge in [-0.15, -0.1) is 0 Å². The summed E-state index contributed by atoms with van der Waals surface area (Å²) in [5, 5.41) is 46.8. The van der Waals surface area contributed by atoms with Crippen LogP contribution < -0.4 is 9.47 Å². The third kappa shape index (κ3) is 17.2. The van der Waals surface area contributed by atoms with Crippen molar-refractivity contribution in [2.24, 2.45) is 0 Å². The summed E-state index contributed by atoms with van der Waals surface area (Å²) < 4.78 is 34.2. The molecular formula is C35H50N3O16P. The van der Waals surface area contributed by atoms with Gasteiger partial charge in [-0.05, 0) is 54.7 Å². The first-order chi connectivity index (χ1) is 25.9. The van der Waals surface area contributed by atoms with E-state index in [0.717, 1.165) is 20.9 Å². The molecule has 2 atom stereocenters. The Hall–Kier alpha value is -4.62. The normalized spacial score (nSPS) is 13.4. The third-order valence-corrected chi connectivity index (χ3v) is 9.63. The number of hydrogen-bond donors (Lipinski definition) is 6. The largest absolute Gasteiger partial charge is 0.497 e. The van der Waals surface area contributed by atoms with Crippen LogP contribution in [0, 0.1) is 0 Å². The molecule has 2 aromatic rings. The van der Waals surface area contributed by atoms with Crippen LogP contribution in [-0.2, 0) is 43.0 Å². The smallest absolute Gasteiger partial charge is 0.472 e. The second-order valence-electron chi connectivity index (χ2n) is 12.8. The minimum Gasteiger partial charge on any atom is -0.497 e. The quantitative estimate of drug-likeness (QED) is 0.0507. The molecule has 2 aromatic carbocycles. The molecular weight excluding hydrogens is 749 g/mol. The van der Waals surface area contributed by atoms with E-state index in [1.807, 2.05) is 55.5 Å². The van der Waals surface area contributed by atoms with Gasteiger partial charge in [0, 0.05) is 31.1 Å². The van der Waals surface area contributed by atoms with Crippen molar-refractivity contribution >= 4 is 37.7 Å². The van der Waals surface area contributed by atoms with Gasteiger partial charge in [-0.3, -0.25) is 47.7 Å². The van der Waals surface area contributed by atoms with Crippen molar-refractivity contribution in [2.45, 2.75) is 37.6 Å². The van der Waals surface area contributed by atoms with Gasteiger partial charge in [-0.2, -0.15) is 0 Å². The number of carbonyl (C=O) groups is 5. The van der Waals surface area contributed by atoms with Crippen LogP contribution in [0.4, 0.5) is 0 Å².